The lowest BCUT2D eigenvalue weighted by Gasteiger charge is -2.34. The first kappa shape index (κ1) is 23.1. The van der Waals surface area contributed by atoms with Crippen LogP contribution in [0.4, 0.5) is 0 Å². The Labute approximate surface area is 229 Å². The number of ether oxygens (including phenoxy) is 2. The van der Waals surface area contributed by atoms with Crippen molar-refractivity contribution < 1.29 is 9.47 Å². The van der Waals surface area contributed by atoms with Crippen LogP contribution in [0.5, 0.6) is 23.0 Å². The Morgan fingerprint density at radius 2 is 1.31 bits per heavy atom. The van der Waals surface area contributed by atoms with E-state index < -0.39 is 0 Å². The molecule has 39 heavy (non-hydrogen) atoms. The van der Waals surface area contributed by atoms with Gasteiger partial charge in [0.2, 0.25) is 0 Å². The summed E-state index contributed by atoms with van der Waals surface area (Å²) in [6.07, 6.45) is 5.59. The molecule has 2 heterocycles. The number of fused-ring (bicyclic) bond motifs is 4. The Kier molecular flexibility index (Phi) is 5.56. The van der Waals surface area contributed by atoms with Gasteiger partial charge in [-0.1, -0.05) is 116 Å². The fraction of sp³-hybridized carbons (Fsp3) is 0. The van der Waals surface area contributed by atoms with Crippen molar-refractivity contribution >= 4 is 28.7 Å². The molecule has 0 aliphatic carbocycles. The normalized spacial score (nSPS) is 12.8. The molecule has 0 spiro atoms. The maximum Gasteiger partial charge on any atom is 0.260 e. The highest BCUT2D eigenvalue weighted by atomic mass is 16.5. The Morgan fingerprint density at radius 1 is 0.615 bits per heavy atom. The molecule has 0 aromatic heterocycles. The molecule has 0 unspecified atom stereocenters. The second-order valence-corrected chi connectivity index (χ2v) is 9.79. The molecule has 0 fully saturated rings. The summed E-state index contributed by atoms with van der Waals surface area (Å²) >= 11 is 0. The molecular formula is C36H25BO2. The van der Waals surface area contributed by atoms with Crippen molar-refractivity contribution in [2.75, 3.05) is 0 Å². The minimum absolute atomic E-state index is 0.0133. The fourth-order valence-electron chi connectivity index (χ4n) is 5.73. The zero-order valence-electron chi connectivity index (χ0n) is 21.4. The van der Waals surface area contributed by atoms with Crippen LogP contribution < -0.4 is 25.9 Å². The molecule has 0 amide bonds. The highest BCUT2D eigenvalue weighted by molar-refractivity contribution is 6.98. The van der Waals surface area contributed by atoms with E-state index >= 15 is 0 Å². The van der Waals surface area contributed by atoms with E-state index in [1.807, 2.05) is 24.3 Å². The van der Waals surface area contributed by atoms with E-state index in [0.29, 0.717) is 0 Å². The standard InChI is InChI=1S/C36H25BO2/c1-3-11-24(4-2)27-16-19-30-33(22-27)38-32-21-18-29(26-14-9-6-10-15-26)36-35(32)37(30)31-20-17-28(23-34(31)39-36)25-12-7-5-8-13-25/h3-23H,1-2H2/b24-11+. The van der Waals surface area contributed by atoms with Crippen molar-refractivity contribution in [3.05, 3.63) is 146 Å². The second kappa shape index (κ2) is 9.38. The second-order valence-electron chi connectivity index (χ2n) is 9.79. The number of rotatable bonds is 5. The summed E-state index contributed by atoms with van der Waals surface area (Å²) in [7, 11) is 0. The summed E-state index contributed by atoms with van der Waals surface area (Å²) in [4.78, 5) is 0. The molecule has 0 atom stereocenters. The van der Waals surface area contributed by atoms with E-state index in [1.54, 1.807) is 6.08 Å². The first-order chi connectivity index (χ1) is 19.2. The van der Waals surface area contributed by atoms with Crippen LogP contribution in [0.3, 0.4) is 0 Å². The largest absolute Gasteiger partial charge is 0.458 e. The summed E-state index contributed by atoms with van der Waals surface area (Å²) < 4.78 is 13.4. The number of hydrogen-bond acceptors (Lipinski definition) is 2. The molecule has 5 aromatic rings. The van der Waals surface area contributed by atoms with Crippen molar-refractivity contribution in [2.24, 2.45) is 0 Å². The molecule has 2 aliphatic rings. The smallest absolute Gasteiger partial charge is 0.260 e. The molecule has 3 heteroatoms. The van der Waals surface area contributed by atoms with Gasteiger partial charge in [0.25, 0.3) is 6.71 Å². The van der Waals surface area contributed by atoms with Crippen molar-refractivity contribution in [3.8, 4) is 45.3 Å². The van der Waals surface area contributed by atoms with Gasteiger partial charge in [-0.2, -0.15) is 0 Å². The van der Waals surface area contributed by atoms with Crippen LogP contribution in [0.15, 0.2) is 141 Å². The van der Waals surface area contributed by atoms with E-state index in [-0.39, 0.29) is 6.71 Å². The molecule has 2 aliphatic heterocycles. The van der Waals surface area contributed by atoms with Gasteiger partial charge in [0, 0.05) is 11.0 Å². The summed E-state index contributed by atoms with van der Waals surface area (Å²) in [6, 6.07) is 38.0. The van der Waals surface area contributed by atoms with E-state index in [9.17, 15) is 0 Å². The molecule has 5 aromatic carbocycles. The maximum absolute atomic E-state index is 6.78. The Balaban J connectivity index is 1.45. The third-order valence-electron chi connectivity index (χ3n) is 7.57. The van der Waals surface area contributed by atoms with E-state index in [4.69, 9.17) is 9.47 Å². The van der Waals surface area contributed by atoms with Crippen molar-refractivity contribution in [1.29, 1.82) is 0 Å². The van der Waals surface area contributed by atoms with E-state index in [2.05, 4.69) is 110 Å². The van der Waals surface area contributed by atoms with Gasteiger partial charge in [-0.05, 0) is 63.0 Å². The minimum atomic E-state index is -0.0133. The number of hydrogen-bond donors (Lipinski definition) is 0. The average Bonchev–Trinajstić information content (AvgIpc) is 3.00. The van der Waals surface area contributed by atoms with Gasteiger partial charge in [0.1, 0.15) is 23.0 Å². The molecule has 0 bridgehead atoms. The number of allylic oxidation sites excluding steroid dienone is 4. The van der Waals surface area contributed by atoms with Crippen LogP contribution in [0.2, 0.25) is 0 Å². The zero-order chi connectivity index (χ0) is 26.3. The van der Waals surface area contributed by atoms with Crippen LogP contribution in [0, 0.1) is 0 Å². The lowest BCUT2D eigenvalue weighted by atomic mass is 9.34. The highest BCUT2D eigenvalue weighted by Gasteiger charge is 2.41. The molecule has 184 valence electrons. The fourth-order valence-corrected chi connectivity index (χ4v) is 5.73. The maximum atomic E-state index is 6.78. The molecule has 2 nitrogen and oxygen atoms in total. The SMILES string of the molecule is C=C/C=C(\C=C)c1ccc2c(c1)Oc1ccc(-c3ccccc3)c3c1B2c1ccc(-c2ccccc2)cc1O3. The topological polar surface area (TPSA) is 18.5 Å². The van der Waals surface area contributed by atoms with Gasteiger partial charge in [0.05, 0.1) is 0 Å². The molecule has 0 N–H and O–H groups in total. The summed E-state index contributed by atoms with van der Waals surface area (Å²) in [5.41, 5.74) is 9.83. The third-order valence-corrected chi connectivity index (χ3v) is 7.57. The Morgan fingerprint density at radius 3 is 2.03 bits per heavy atom. The Bertz CT molecular complexity index is 1780. The van der Waals surface area contributed by atoms with Gasteiger partial charge in [-0.3, -0.25) is 0 Å². The summed E-state index contributed by atoms with van der Waals surface area (Å²) in [6.45, 7) is 7.82. The lowest BCUT2D eigenvalue weighted by Crippen LogP contribution is -2.57. The van der Waals surface area contributed by atoms with E-state index in [0.717, 1.165) is 72.8 Å². The predicted molar refractivity (Wildman–Crippen MR) is 163 cm³/mol. The third kappa shape index (κ3) is 3.83. The van der Waals surface area contributed by atoms with Crippen molar-refractivity contribution in [2.45, 2.75) is 0 Å². The Hall–Kier alpha value is -5.02. The summed E-state index contributed by atoms with van der Waals surface area (Å²) in [5, 5.41) is 0. The highest BCUT2D eigenvalue weighted by Crippen LogP contribution is 2.41. The van der Waals surface area contributed by atoms with E-state index in [1.165, 1.54) is 0 Å². The monoisotopic (exact) mass is 500 g/mol. The van der Waals surface area contributed by atoms with Crippen LogP contribution in [0.25, 0.3) is 27.8 Å². The van der Waals surface area contributed by atoms with Crippen LogP contribution in [0.1, 0.15) is 5.56 Å². The first-order valence-corrected chi connectivity index (χ1v) is 13.1. The molecule has 0 saturated carbocycles. The van der Waals surface area contributed by atoms with Crippen LogP contribution in [-0.2, 0) is 0 Å². The van der Waals surface area contributed by atoms with Crippen LogP contribution in [-0.4, -0.2) is 6.71 Å². The lowest BCUT2D eigenvalue weighted by molar-refractivity contribution is 0.465. The molecular weight excluding hydrogens is 475 g/mol. The van der Waals surface area contributed by atoms with Crippen molar-refractivity contribution in [1.82, 2.24) is 0 Å². The average molecular weight is 500 g/mol. The van der Waals surface area contributed by atoms with Gasteiger partial charge >= 0.3 is 0 Å². The number of benzene rings is 5. The first-order valence-electron chi connectivity index (χ1n) is 13.1. The predicted octanol–water partition coefficient (Wildman–Crippen LogP) is 7.50. The zero-order valence-corrected chi connectivity index (χ0v) is 21.4. The van der Waals surface area contributed by atoms with Gasteiger partial charge in [0.15, 0.2) is 0 Å². The van der Waals surface area contributed by atoms with Crippen LogP contribution >= 0.6 is 0 Å². The molecule has 7 rings (SSSR count). The van der Waals surface area contributed by atoms with Gasteiger partial charge in [-0.25, -0.2) is 0 Å². The van der Waals surface area contributed by atoms with Gasteiger partial charge in [-0.15, -0.1) is 0 Å². The minimum Gasteiger partial charge on any atom is -0.458 e. The molecule has 0 saturated heterocycles. The summed E-state index contributed by atoms with van der Waals surface area (Å²) in [5.74, 6) is 3.40. The molecule has 0 radical (unpaired) electrons. The van der Waals surface area contributed by atoms with Crippen molar-refractivity contribution in [3.63, 3.8) is 0 Å². The quantitative estimate of drug-likeness (QED) is 0.180. The van der Waals surface area contributed by atoms with Gasteiger partial charge < -0.3 is 9.47 Å².